The molecule has 0 radical (unpaired) electrons. The molecule has 0 fully saturated rings. The zero-order valence-corrected chi connectivity index (χ0v) is 36.1. The van der Waals surface area contributed by atoms with Crippen molar-refractivity contribution in [3.63, 3.8) is 0 Å². The van der Waals surface area contributed by atoms with Gasteiger partial charge in [-0.15, -0.1) is 0 Å². The van der Waals surface area contributed by atoms with E-state index in [9.17, 15) is 0 Å². The van der Waals surface area contributed by atoms with E-state index in [0.717, 1.165) is 50.0 Å². The standard InChI is InChI=1S/C51H37B6N5O/c52-28-22-33-40-42(56)43(57)41-34-23-29(53)25-36(55)45(34)62(47(41)46(40)61(44(33)35(54)24-28)30-16-8-3-9-17-30)37-20-10-18-31-39-32(19-11-21-38(39)63-48(31)37)51-59-49(26-12-4-1-5-13-26)58-50(60-51)27-14-6-2-7-15-27/h1-25H,52-57H2. The fourth-order valence-electron chi connectivity index (χ4n) is 10.4. The van der Waals surface area contributed by atoms with Crippen molar-refractivity contribution < 1.29 is 4.42 Å². The molecule has 0 saturated carbocycles. The first-order chi connectivity index (χ1) is 30.7. The predicted octanol–water partition coefficient (Wildman–Crippen LogP) is 2.52. The average Bonchev–Trinajstić information content (AvgIpc) is 3.97. The highest BCUT2D eigenvalue weighted by Crippen LogP contribution is 2.43. The van der Waals surface area contributed by atoms with Crippen LogP contribution in [0.5, 0.6) is 0 Å². The van der Waals surface area contributed by atoms with Gasteiger partial charge in [0, 0.05) is 65.7 Å². The molecule has 4 heterocycles. The molecular weight excluding hydrogens is 763 g/mol. The molecular formula is C51H37B6N5O. The molecule has 12 aromatic rings. The molecule has 12 heteroatoms. The number of para-hydroxylation sites is 2. The molecule has 0 aliphatic rings. The molecule has 0 saturated heterocycles. The first-order valence-corrected chi connectivity index (χ1v) is 21.6. The molecule has 0 unspecified atom stereocenters. The lowest BCUT2D eigenvalue weighted by Crippen LogP contribution is -2.27. The number of benzene rings is 8. The van der Waals surface area contributed by atoms with Crippen LogP contribution in [0.15, 0.2) is 156 Å². The molecule has 0 aliphatic heterocycles. The van der Waals surface area contributed by atoms with Gasteiger partial charge < -0.3 is 13.6 Å². The van der Waals surface area contributed by atoms with Crippen LogP contribution in [0.2, 0.25) is 0 Å². The van der Waals surface area contributed by atoms with Gasteiger partial charge in [-0.2, -0.15) is 0 Å². The molecule has 63 heavy (non-hydrogen) atoms. The minimum absolute atomic E-state index is 0.593. The zero-order chi connectivity index (χ0) is 42.7. The molecule has 8 aromatic carbocycles. The molecule has 0 spiro atoms. The highest BCUT2D eigenvalue weighted by atomic mass is 16.3. The topological polar surface area (TPSA) is 61.7 Å². The highest BCUT2D eigenvalue weighted by molar-refractivity contribution is 6.61. The van der Waals surface area contributed by atoms with Crippen molar-refractivity contribution in [3.8, 4) is 45.5 Å². The SMILES string of the molecule is Bc1cc(B)c2c(c1)c1c(B)c(B)c3c4cc(B)cc(B)c4n(-c4cccc5c4oc4cccc(-c6nc(-c7ccccc7)nc(-c7ccccc7)n6)c45)c3c1n2-c1ccccc1. The van der Waals surface area contributed by atoms with Crippen LogP contribution in [-0.4, -0.2) is 71.2 Å². The Morgan fingerprint density at radius 3 is 1.51 bits per heavy atom. The van der Waals surface area contributed by atoms with Crippen LogP contribution in [0.1, 0.15) is 0 Å². The number of rotatable bonds is 5. The third-order valence-corrected chi connectivity index (χ3v) is 13.0. The summed E-state index contributed by atoms with van der Waals surface area (Å²) in [5, 5.41) is 7.01. The van der Waals surface area contributed by atoms with E-state index in [1.54, 1.807) is 0 Å². The Balaban J connectivity index is 1.23. The summed E-state index contributed by atoms with van der Waals surface area (Å²) in [5.41, 5.74) is 18.7. The Hall–Kier alpha value is -7.44. The monoisotopic (exact) mass is 801 g/mol. The van der Waals surface area contributed by atoms with Crippen LogP contribution >= 0.6 is 0 Å². The van der Waals surface area contributed by atoms with Gasteiger partial charge in [0.25, 0.3) is 0 Å². The number of hydrogen-bond acceptors (Lipinski definition) is 4. The molecule has 0 N–H and O–H groups in total. The van der Waals surface area contributed by atoms with E-state index in [0.29, 0.717) is 17.5 Å². The van der Waals surface area contributed by atoms with Crippen LogP contribution in [-0.2, 0) is 0 Å². The summed E-state index contributed by atoms with van der Waals surface area (Å²) in [6.45, 7) is 0. The maximum absolute atomic E-state index is 7.14. The summed E-state index contributed by atoms with van der Waals surface area (Å²) in [7, 11) is 13.5. The average molecular weight is 801 g/mol. The largest absolute Gasteiger partial charge is 0.454 e. The van der Waals surface area contributed by atoms with Gasteiger partial charge in [-0.05, 0) is 24.3 Å². The van der Waals surface area contributed by atoms with Crippen molar-refractivity contribution in [1.82, 2.24) is 24.1 Å². The van der Waals surface area contributed by atoms with Gasteiger partial charge in [0.15, 0.2) is 23.1 Å². The Kier molecular flexibility index (Phi) is 8.32. The quantitative estimate of drug-likeness (QED) is 0.252. The third kappa shape index (κ3) is 5.57. The molecule has 6 nitrogen and oxygen atoms in total. The van der Waals surface area contributed by atoms with E-state index < -0.39 is 0 Å². The van der Waals surface area contributed by atoms with Crippen molar-refractivity contribution in [1.29, 1.82) is 0 Å². The van der Waals surface area contributed by atoms with E-state index in [-0.39, 0.29) is 0 Å². The summed E-state index contributed by atoms with van der Waals surface area (Å²) in [4.78, 5) is 15.3. The van der Waals surface area contributed by atoms with Crippen molar-refractivity contribution >= 4 is 145 Å². The van der Waals surface area contributed by atoms with E-state index >= 15 is 0 Å². The summed E-state index contributed by atoms with van der Waals surface area (Å²) >= 11 is 0. The third-order valence-electron chi connectivity index (χ3n) is 13.0. The summed E-state index contributed by atoms with van der Waals surface area (Å²) in [6, 6.07) is 53.3. The van der Waals surface area contributed by atoms with Crippen molar-refractivity contribution in [3.05, 3.63) is 152 Å². The van der Waals surface area contributed by atoms with Gasteiger partial charge in [-0.25, -0.2) is 15.0 Å². The highest BCUT2D eigenvalue weighted by Gasteiger charge is 2.28. The molecule has 0 aliphatic carbocycles. The van der Waals surface area contributed by atoms with E-state index in [4.69, 9.17) is 19.4 Å². The smallest absolute Gasteiger partial charge is 0.164 e. The number of furan rings is 1. The summed E-state index contributed by atoms with van der Waals surface area (Å²) in [6.07, 6.45) is 0. The van der Waals surface area contributed by atoms with Gasteiger partial charge in [-0.1, -0.05) is 160 Å². The van der Waals surface area contributed by atoms with Crippen LogP contribution in [0, 0.1) is 0 Å². The van der Waals surface area contributed by atoms with E-state index in [2.05, 4.69) is 141 Å². The summed E-state index contributed by atoms with van der Waals surface area (Å²) < 4.78 is 12.2. The Labute approximate surface area is 369 Å². The van der Waals surface area contributed by atoms with Crippen LogP contribution in [0.3, 0.4) is 0 Å². The van der Waals surface area contributed by atoms with Crippen molar-refractivity contribution in [2.75, 3.05) is 0 Å². The van der Waals surface area contributed by atoms with Crippen molar-refractivity contribution in [2.45, 2.75) is 0 Å². The van der Waals surface area contributed by atoms with Crippen LogP contribution < -0.4 is 32.8 Å². The minimum atomic E-state index is 0.593. The lowest BCUT2D eigenvalue weighted by molar-refractivity contribution is 0.666. The molecule has 4 aromatic heterocycles. The number of fused-ring (bicyclic) bond motifs is 10. The Morgan fingerprint density at radius 2 is 0.921 bits per heavy atom. The normalized spacial score (nSPS) is 11.9. The molecule has 0 bridgehead atoms. The Bertz CT molecular complexity index is 3810. The van der Waals surface area contributed by atoms with Gasteiger partial charge in [0.1, 0.15) is 52.7 Å². The van der Waals surface area contributed by atoms with Crippen LogP contribution in [0.4, 0.5) is 0 Å². The van der Waals surface area contributed by atoms with Gasteiger partial charge in [0.2, 0.25) is 0 Å². The molecule has 12 rings (SSSR count). The second kappa shape index (κ2) is 14.0. The number of aromatic nitrogens is 5. The predicted molar refractivity (Wildman–Crippen MR) is 281 cm³/mol. The molecule has 0 atom stereocenters. The van der Waals surface area contributed by atoms with E-state index in [1.807, 2.05) is 66.7 Å². The number of hydrogen-bond donors (Lipinski definition) is 0. The lowest BCUT2D eigenvalue weighted by Gasteiger charge is -2.16. The first-order valence-electron chi connectivity index (χ1n) is 21.6. The second-order valence-electron chi connectivity index (χ2n) is 17.1. The molecule has 0 amide bonds. The minimum Gasteiger partial charge on any atom is -0.454 e. The van der Waals surface area contributed by atoms with Gasteiger partial charge >= 0.3 is 0 Å². The fourth-order valence-corrected chi connectivity index (χ4v) is 10.4. The first kappa shape index (κ1) is 37.3. The van der Waals surface area contributed by atoms with Gasteiger partial charge in [-0.3, -0.25) is 0 Å². The maximum Gasteiger partial charge on any atom is 0.164 e. The fraction of sp³-hybridized carbons (Fsp3) is 0. The maximum atomic E-state index is 7.14. The number of nitrogens with zero attached hydrogens (tertiary/aromatic N) is 5. The lowest BCUT2D eigenvalue weighted by atomic mass is 9.74. The Morgan fingerprint density at radius 1 is 0.413 bits per heavy atom. The zero-order valence-electron chi connectivity index (χ0n) is 36.1. The van der Waals surface area contributed by atoms with Crippen molar-refractivity contribution in [2.24, 2.45) is 0 Å². The second-order valence-corrected chi connectivity index (χ2v) is 17.1. The van der Waals surface area contributed by atoms with E-state index in [1.165, 1.54) is 76.4 Å². The summed E-state index contributed by atoms with van der Waals surface area (Å²) in [5.74, 6) is 1.83. The molecule has 290 valence electrons. The van der Waals surface area contributed by atoms with Crippen LogP contribution in [0.25, 0.3) is 111 Å². The van der Waals surface area contributed by atoms with Gasteiger partial charge in [0.05, 0.1) is 16.7 Å².